The summed E-state index contributed by atoms with van der Waals surface area (Å²) in [5.74, 6) is 0.125. The fourth-order valence-electron chi connectivity index (χ4n) is 2.33. The van der Waals surface area contributed by atoms with Gasteiger partial charge in [0.1, 0.15) is 18.2 Å². The fourth-order valence-corrected chi connectivity index (χ4v) is 2.33. The van der Waals surface area contributed by atoms with E-state index >= 15 is 0 Å². The molecule has 0 aliphatic rings. The van der Waals surface area contributed by atoms with Crippen LogP contribution >= 0.6 is 0 Å². The second-order valence-electron chi connectivity index (χ2n) is 5.59. The maximum absolute atomic E-state index is 12.4. The highest BCUT2D eigenvalue weighted by molar-refractivity contribution is 5.76. The van der Waals surface area contributed by atoms with Gasteiger partial charge in [-0.25, -0.2) is 0 Å². The SMILES string of the molecule is CNC(=O)Cn1c(-c2ccc(C(C)C)cc2)ccc(C#N)c1=O. The first-order valence-electron chi connectivity index (χ1n) is 7.42. The number of rotatable bonds is 4. The molecule has 1 amide bonds. The van der Waals surface area contributed by atoms with Gasteiger partial charge in [0, 0.05) is 7.05 Å². The van der Waals surface area contributed by atoms with Crippen LogP contribution in [-0.2, 0) is 11.3 Å². The zero-order chi connectivity index (χ0) is 17.0. The van der Waals surface area contributed by atoms with E-state index in [1.54, 1.807) is 6.07 Å². The Balaban J connectivity index is 2.57. The number of nitrogens with zero attached hydrogens (tertiary/aromatic N) is 2. The number of pyridine rings is 1. The summed E-state index contributed by atoms with van der Waals surface area (Å²) in [5.41, 5.74) is 2.22. The number of nitrogens with one attached hydrogen (secondary N) is 1. The highest BCUT2D eigenvalue weighted by Crippen LogP contribution is 2.22. The molecule has 0 bridgehead atoms. The molecule has 0 radical (unpaired) electrons. The smallest absolute Gasteiger partial charge is 0.269 e. The first kappa shape index (κ1) is 16.5. The minimum atomic E-state index is -0.457. The topological polar surface area (TPSA) is 74.9 Å². The van der Waals surface area contributed by atoms with E-state index < -0.39 is 5.56 Å². The van der Waals surface area contributed by atoms with Crippen LogP contribution in [0.2, 0.25) is 0 Å². The molecule has 0 saturated heterocycles. The molecule has 1 aromatic heterocycles. The highest BCUT2D eigenvalue weighted by atomic mass is 16.2. The molecule has 0 spiro atoms. The van der Waals surface area contributed by atoms with E-state index in [-0.39, 0.29) is 18.0 Å². The van der Waals surface area contributed by atoms with Crippen molar-refractivity contribution in [2.45, 2.75) is 26.3 Å². The number of likely N-dealkylation sites (N-methyl/N-ethyl adjacent to an activating group) is 1. The summed E-state index contributed by atoms with van der Waals surface area (Å²) < 4.78 is 1.34. The maximum atomic E-state index is 12.4. The van der Waals surface area contributed by atoms with Crippen LogP contribution < -0.4 is 10.9 Å². The minimum absolute atomic E-state index is 0.0245. The van der Waals surface area contributed by atoms with E-state index in [0.29, 0.717) is 11.6 Å². The van der Waals surface area contributed by atoms with Crippen LogP contribution in [0.3, 0.4) is 0 Å². The zero-order valence-corrected chi connectivity index (χ0v) is 13.5. The quantitative estimate of drug-likeness (QED) is 0.941. The van der Waals surface area contributed by atoms with Gasteiger partial charge in [-0.05, 0) is 29.2 Å². The van der Waals surface area contributed by atoms with Crippen molar-refractivity contribution < 1.29 is 4.79 Å². The Labute approximate surface area is 135 Å². The van der Waals surface area contributed by atoms with Crippen LogP contribution in [0.1, 0.15) is 30.9 Å². The molecule has 0 atom stereocenters. The molecule has 2 aromatic rings. The maximum Gasteiger partial charge on any atom is 0.269 e. The van der Waals surface area contributed by atoms with Crippen molar-refractivity contribution in [1.29, 1.82) is 5.26 Å². The predicted molar refractivity (Wildman–Crippen MR) is 89.0 cm³/mol. The second kappa shape index (κ2) is 6.93. The minimum Gasteiger partial charge on any atom is -0.358 e. The van der Waals surface area contributed by atoms with Crippen molar-refractivity contribution in [3.8, 4) is 17.3 Å². The molecule has 0 fully saturated rings. The van der Waals surface area contributed by atoms with Gasteiger partial charge < -0.3 is 5.32 Å². The summed E-state index contributed by atoms with van der Waals surface area (Å²) in [6.07, 6.45) is 0. The fraction of sp³-hybridized carbons (Fsp3) is 0.278. The summed E-state index contributed by atoms with van der Waals surface area (Å²) in [6.45, 7) is 4.10. The average Bonchev–Trinajstić information content (AvgIpc) is 2.56. The van der Waals surface area contributed by atoms with E-state index in [0.717, 1.165) is 5.56 Å². The summed E-state index contributed by atoms with van der Waals surface area (Å²) >= 11 is 0. The largest absolute Gasteiger partial charge is 0.358 e. The van der Waals surface area contributed by atoms with Crippen LogP contribution in [0.15, 0.2) is 41.2 Å². The van der Waals surface area contributed by atoms with E-state index in [1.807, 2.05) is 30.3 Å². The lowest BCUT2D eigenvalue weighted by Gasteiger charge is -2.14. The van der Waals surface area contributed by atoms with E-state index in [1.165, 1.54) is 23.2 Å². The summed E-state index contributed by atoms with van der Waals surface area (Å²) in [7, 11) is 1.51. The number of carbonyl (C=O) groups is 1. The molecule has 1 aromatic carbocycles. The van der Waals surface area contributed by atoms with Gasteiger partial charge in [0.2, 0.25) is 5.91 Å². The zero-order valence-electron chi connectivity index (χ0n) is 13.5. The molecule has 0 aliphatic carbocycles. The van der Waals surface area contributed by atoms with Crippen molar-refractivity contribution >= 4 is 5.91 Å². The molecule has 118 valence electrons. The number of hydrogen-bond acceptors (Lipinski definition) is 3. The van der Waals surface area contributed by atoms with Gasteiger partial charge in [0.05, 0.1) is 5.69 Å². The van der Waals surface area contributed by atoms with Crippen molar-refractivity contribution in [2.75, 3.05) is 7.05 Å². The Morgan fingerprint density at radius 3 is 2.39 bits per heavy atom. The van der Waals surface area contributed by atoms with Gasteiger partial charge in [-0.1, -0.05) is 38.1 Å². The number of hydrogen-bond donors (Lipinski definition) is 1. The van der Waals surface area contributed by atoms with Gasteiger partial charge in [0.25, 0.3) is 5.56 Å². The van der Waals surface area contributed by atoms with Crippen LogP contribution in [0.5, 0.6) is 0 Å². The lowest BCUT2D eigenvalue weighted by atomic mass is 10.0. The number of benzene rings is 1. The first-order valence-corrected chi connectivity index (χ1v) is 7.42. The lowest BCUT2D eigenvalue weighted by molar-refractivity contribution is -0.121. The molecular formula is C18H19N3O2. The summed E-state index contributed by atoms with van der Waals surface area (Å²) in [5, 5.41) is 11.5. The third-order valence-corrected chi connectivity index (χ3v) is 3.75. The third kappa shape index (κ3) is 3.49. The Bertz CT molecular complexity index is 812. The second-order valence-corrected chi connectivity index (χ2v) is 5.59. The monoisotopic (exact) mass is 309 g/mol. The summed E-state index contributed by atoms with van der Waals surface area (Å²) in [4.78, 5) is 24.1. The Kier molecular flexibility index (Phi) is 4.97. The van der Waals surface area contributed by atoms with Crippen LogP contribution in [0.25, 0.3) is 11.3 Å². The van der Waals surface area contributed by atoms with Gasteiger partial charge in [-0.2, -0.15) is 5.26 Å². The Hall–Kier alpha value is -2.87. The standard InChI is InChI=1S/C18H19N3O2/c1-12(2)13-4-6-14(7-5-13)16-9-8-15(10-19)18(23)21(16)11-17(22)20-3/h4-9,12H,11H2,1-3H3,(H,20,22). The number of aromatic nitrogens is 1. The average molecular weight is 309 g/mol. The molecule has 23 heavy (non-hydrogen) atoms. The van der Waals surface area contributed by atoms with Gasteiger partial charge >= 0.3 is 0 Å². The first-order chi connectivity index (χ1) is 11.0. The third-order valence-electron chi connectivity index (χ3n) is 3.75. The van der Waals surface area contributed by atoms with Crippen LogP contribution in [0.4, 0.5) is 0 Å². The highest BCUT2D eigenvalue weighted by Gasteiger charge is 2.13. The van der Waals surface area contributed by atoms with Crippen molar-refractivity contribution in [1.82, 2.24) is 9.88 Å². The Morgan fingerprint density at radius 2 is 1.87 bits per heavy atom. The molecule has 2 rings (SSSR count). The number of carbonyl (C=O) groups excluding carboxylic acids is 1. The Morgan fingerprint density at radius 1 is 1.22 bits per heavy atom. The molecule has 0 unspecified atom stereocenters. The van der Waals surface area contributed by atoms with E-state index in [2.05, 4.69) is 19.2 Å². The molecule has 1 heterocycles. The van der Waals surface area contributed by atoms with Crippen molar-refractivity contribution in [3.63, 3.8) is 0 Å². The summed E-state index contributed by atoms with van der Waals surface area (Å²) in [6, 6.07) is 12.9. The predicted octanol–water partition coefficient (Wildman–Crippen LogP) is 2.26. The van der Waals surface area contributed by atoms with Crippen LogP contribution in [-0.4, -0.2) is 17.5 Å². The molecular weight excluding hydrogens is 290 g/mol. The van der Waals surface area contributed by atoms with E-state index in [9.17, 15) is 9.59 Å². The lowest BCUT2D eigenvalue weighted by Crippen LogP contribution is -2.32. The van der Waals surface area contributed by atoms with Crippen molar-refractivity contribution in [2.24, 2.45) is 0 Å². The molecule has 5 nitrogen and oxygen atoms in total. The van der Waals surface area contributed by atoms with E-state index in [4.69, 9.17) is 5.26 Å². The molecule has 0 aliphatic heterocycles. The molecule has 5 heteroatoms. The van der Waals surface area contributed by atoms with Gasteiger partial charge in [0.15, 0.2) is 0 Å². The van der Waals surface area contributed by atoms with Gasteiger partial charge in [-0.3, -0.25) is 14.2 Å². The van der Waals surface area contributed by atoms with Crippen LogP contribution in [0, 0.1) is 11.3 Å². The molecule has 0 saturated carbocycles. The number of nitriles is 1. The van der Waals surface area contributed by atoms with Gasteiger partial charge in [-0.15, -0.1) is 0 Å². The number of amides is 1. The molecule has 1 N–H and O–H groups in total. The van der Waals surface area contributed by atoms with Crippen molar-refractivity contribution in [3.05, 3.63) is 57.9 Å². The normalized spacial score (nSPS) is 10.4.